The summed E-state index contributed by atoms with van der Waals surface area (Å²) in [5.41, 5.74) is 0.947. The normalized spacial score (nSPS) is 22.1. The number of nitrogens with one attached hydrogen (secondary N) is 7. The maximum absolute atomic E-state index is 13.6. The number of hydrogen-bond acceptors (Lipinski definition) is 9. The molecule has 5 atom stereocenters. The van der Waals surface area contributed by atoms with Gasteiger partial charge in [-0.2, -0.15) is 11.8 Å². The number of amides is 7. The first-order chi connectivity index (χ1) is 26.7. The lowest BCUT2D eigenvalue weighted by molar-refractivity contribution is -0.141. The lowest BCUT2D eigenvalue weighted by Crippen LogP contribution is -2.59. The molecule has 1 saturated heterocycles. The Labute approximate surface area is 334 Å². The topological polar surface area (TPSA) is 241 Å². The van der Waals surface area contributed by atoms with Gasteiger partial charge in [0.2, 0.25) is 41.4 Å². The number of carbonyl (C=O) groups is 8. The van der Waals surface area contributed by atoms with Gasteiger partial charge in [-0.05, 0) is 68.9 Å². The fourth-order valence-corrected chi connectivity index (χ4v) is 6.40. The van der Waals surface area contributed by atoms with E-state index in [4.69, 9.17) is 0 Å². The number of unbranched alkanes of at least 4 members (excludes halogenated alkanes) is 2. The van der Waals surface area contributed by atoms with Crippen molar-refractivity contribution in [2.45, 2.75) is 128 Å². The van der Waals surface area contributed by atoms with Gasteiger partial charge in [0.15, 0.2) is 0 Å². The van der Waals surface area contributed by atoms with Gasteiger partial charge < -0.3 is 42.3 Å². The highest BCUT2D eigenvalue weighted by Gasteiger charge is 2.33. The second-order valence-corrected chi connectivity index (χ2v) is 15.5. The molecule has 0 unspecified atom stereocenters. The first-order valence-electron chi connectivity index (χ1n) is 19.5. The first kappa shape index (κ1) is 47.5. The third-order valence-electron chi connectivity index (χ3n) is 9.16. The van der Waals surface area contributed by atoms with Crippen LogP contribution in [0.15, 0.2) is 30.3 Å². The van der Waals surface area contributed by atoms with E-state index in [1.54, 1.807) is 0 Å². The molecule has 1 fully saturated rings. The summed E-state index contributed by atoms with van der Waals surface area (Å²) < 4.78 is 0. The van der Waals surface area contributed by atoms with E-state index < -0.39 is 84.5 Å². The molecule has 0 bridgehead atoms. The smallest absolute Gasteiger partial charge is 0.305 e. The minimum atomic E-state index is -1.67. The molecule has 1 aromatic carbocycles. The Morgan fingerprint density at radius 3 is 2.25 bits per heavy atom. The van der Waals surface area contributed by atoms with Crippen LogP contribution in [0.25, 0.3) is 0 Å². The summed E-state index contributed by atoms with van der Waals surface area (Å²) in [7, 11) is 0. The monoisotopic (exact) mass is 803 g/mol. The molecule has 0 saturated carbocycles. The van der Waals surface area contributed by atoms with Crippen molar-refractivity contribution in [2.24, 2.45) is 5.92 Å². The predicted molar refractivity (Wildman–Crippen MR) is 213 cm³/mol. The standard InChI is InChI=1S/C39H61N7O9S/c1-25(2)13-7-5-10-17-32(47)43-28-16-11-12-20-40-33(48)23-30(36(52)41-21-18-27-14-8-6-9-15-27)46-39(55)31(24-34(49)50)45-35(51)26(3)42-37(53)29(19-22-56-4)44-38(28)54/h6,8-9,14-15,25-26,28-31H,5,7,10-13,16-24H2,1-4H3,(H,40,48)(H,41,52)(H,42,53)(H,43,47)(H,44,54)(H,45,51)(H,46,55)(H,49,50)/t26-,28-,29-,30-,31-/m0/s1. The SMILES string of the molecule is CSCC[C@@H]1NC(=O)[C@@H](NC(=O)CCCCCC(C)C)CCCCNC(=O)C[C@@H](C(=O)NCCc2ccccc2)NC(=O)[C@H](CC(=O)O)NC(=O)[C@H](C)NC1=O. The number of hydrogen-bond donors (Lipinski definition) is 8. The van der Waals surface area contributed by atoms with Crippen molar-refractivity contribution in [3.05, 3.63) is 35.9 Å². The van der Waals surface area contributed by atoms with Crippen LogP contribution in [0.4, 0.5) is 0 Å². The number of benzene rings is 1. The van der Waals surface area contributed by atoms with Gasteiger partial charge in [0.25, 0.3) is 0 Å². The second-order valence-electron chi connectivity index (χ2n) is 14.5. The van der Waals surface area contributed by atoms with E-state index in [0.29, 0.717) is 37.4 Å². The van der Waals surface area contributed by atoms with Crippen LogP contribution in [0.2, 0.25) is 0 Å². The van der Waals surface area contributed by atoms with Gasteiger partial charge in [-0.25, -0.2) is 0 Å². The fraction of sp³-hybridized carbons (Fsp3) is 0.641. The maximum atomic E-state index is 13.6. The summed E-state index contributed by atoms with van der Waals surface area (Å²) in [5, 5.41) is 27.8. The Morgan fingerprint density at radius 2 is 1.57 bits per heavy atom. The van der Waals surface area contributed by atoms with Crippen LogP contribution in [-0.4, -0.2) is 108 Å². The molecule has 56 heavy (non-hydrogen) atoms. The quantitative estimate of drug-likeness (QED) is 0.112. The molecule has 1 aromatic rings. The number of thioether (sulfide) groups is 1. The van der Waals surface area contributed by atoms with E-state index in [1.165, 1.54) is 18.7 Å². The molecule has 0 aromatic heterocycles. The van der Waals surface area contributed by atoms with Crippen molar-refractivity contribution in [2.75, 3.05) is 25.1 Å². The molecule has 0 radical (unpaired) electrons. The summed E-state index contributed by atoms with van der Waals surface area (Å²) in [6.07, 6.45) is 6.01. The number of carbonyl (C=O) groups excluding carboxylic acids is 7. The van der Waals surface area contributed by atoms with Gasteiger partial charge in [-0.15, -0.1) is 0 Å². The van der Waals surface area contributed by atoms with Gasteiger partial charge in [-0.3, -0.25) is 38.4 Å². The van der Waals surface area contributed by atoms with E-state index >= 15 is 0 Å². The van der Waals surface area contributed by atoms with Gasteiger partial charge in [0.1, 0.15) is 30.2 Å². The third-order valence-corrected chi connectivity index (χ3v) is 9.81. The predicted octanol–water partition coefficient (Wildman–Crippen LogP) is 1.31. The van der Waals surface area contributed by atoms with Crippen LogP contribution >= 0.6 is 11.8 Å². The molecular formula is C39H61N7O9S. The molecular weight excluding hydrogens is 743 g/mol. The van der Waals surface area contributed by atoms with Crippen molar-refractivity contribution >= 4 is 59.1 Å². The van der Waals surface area contributed by atoms with E-state index in [1.807, 2.05) is 36.6 Å². The molecule has 7 amide bonds. The van der Waals surface area contributed by atoms with Gasteiger partial charge in [0, 0.05) is 19.5 Å². The molecule has 0 aliphatic carbocycles. The highest BCUT2D eigenvalue weighted by molar-refractivity contribution is 7.98. The van der Waals surface area contributed by atoms with Gasteiger partial charge in [-0.1, -0.05) is 63.4 Å². The second kappa shape index (κ2) is 26.2. The van der Waals surface area contributed by atoms with Crippen LogP contribution in [-0.2, 0) is 44.8 Å². The third kappa shape index (κ3) is 19.3. The Balaban J connectivity index is 2.31. The van der Waals surface area contributed by atoms with E-state index in [2.05, 4.69) is 51.1 Å². The number of aliphatic carboxylic acids is 1. The Hall–Kier alpha value is -4.67. The Kier molecular flexibility index (Phi) is 22.2. The highest BCUT2D eigenvalue weighted by Crippen LogP contribution is 2.11. The first-order valence-corrected chi connectivity index (χ1v) is 20.9. The molecule has 1 heterocycles. The van der Waals surface area contributed by atoms with Crippen LogP contribution in [0, 0.1) is 5.92 Å². The van der Waals surface area contributed by atoms with Gasteiger partial charge >= 0.3 is 5.97 Å². The van der Waals surface area contributed by atoms with E-state index in [0.717, 1.165) is 24.8 Å². The Bertz CT molecular complexity index is 1460. The van der Waals surface area contributed by atoms with Crippen molar-refractivity contribution in [1.82, 2.24) is 37.2 Å². The minimum absolute atomic E-state index is 0.154. The lowest BCUT2D eigenvalue weighted by atomic mass is 10.0. The minimum Gasteiger partial charge on any atom is -0.481 e. The van der Waals surface area contributed by atoms with Crippen LogP contribution in [0.5, 0.6) is 0 Å². The zero-order valence-electron chi connectivity index (χ0n) is 33.1. The van der Waals surface area contributed by atoms with Crippen molar-refractivity contribution in [1.29, 1.82) is 0 Å². The summed E-state index contributed by atoms with van der Waals surface area (Å²) >= 11 is 1.44. The average molecular weight is 804 g/mol. The molecule has 1 aliphatic rings. The van der Waals surface area contributed by atoms with Gasteiger partial charge in [0.05, 0.1) is 12.8 Å². The number of carboxylic acid groups (broad SMARTS) is 1. The lowest BCUT2D eigenvalue weighted by Gasteiger charge is -2.26. The summed E-state index contributed by atoms with van der Waals surface area (Å²) in [6.45, 7) is 5.96. The van der Waals surface area contributed by atoms with Crippen molar-refractivity contribution in [3.63, 3.8) is 0 Å². The molecule has 0 spiro atoms. The Morgan fingerprint density at radius 1 is 0.875 bits per heavy atom. The maximum Gasteiger partial charge on any atom is 0.305 e. The highest BCUT2D eigenvalue weighted by atomic mass is 32.2. The zero-order valence-corrected chi connectivity index (χ0v) is 33.9. The largest absolute Gasteiger partial charge is 0.481 e. The van der Waals surface area contributed by atoms with Crippen molar-refractivity contribution < 1.29 is 43.5 Å². The average Bonchev–Trinajstić information content (AvgIpc) is 3.14. The summed E-state index contributed by atoms with van der Waals surface area (Å²) in [6, 6.07) is 2.91. The molecule has 2 rings (SSSR count). The van der Waals surface area contributed by atoms with Crippen LogP contribution in [0.1, 0.15) is 97.0 Å². The van der Waals surface area contributed by atoms with Crippen LogP contribution < -0.4 is 37.2 Å². The molecule has 8 N–H and O–H groups in total. The fourth-order valence-electron chi connectivity index (χ4n) is 5.93. The molecule has 312 valence electrons. The molecule has 1 aliphatic heterocycles. The summed E-state index contributed by atoms with van der Waals surface area (Å²) in [4.78, 5) is 105. The van der Waals surface area contributed by atoms with E-state index in [9.17, 15) is 43.5 Å². The molecule has 17 heteroatoms. The number of rotatable bonds is 16. The molecule has 16 nitrogen and oxygen atoms in total. The number of carboxylic acids is 1. The zero-order chi connectivity index (χ0) is 41.5. The van der Waals surface area contributed by atoms with E-state index in [-0.39, 0.29) is 38.3 Å². The van der Waals surface area contributed by atoms with Crippen molar-refractivity contribution in [3.8, 4) is 0 Å². The summed E-state index contributed by atoms with van der Waals surface area (Å²) in [5.74, 6) is -5.11. The van der Waals surface area contributed by atoms with Crippen LogP contribution in [0.3, 0.4) is 0 Å².